The number of quaternary nitrogens is 1. The van der Waals surface area contributed by atoms with Crippen LogP contribution in [0.5, 0.6) is 0 Å². The smallest absolute Gasteiger partial charge is 0.441 e. The third-order valence-corrected chi connectivity index (χ3v) is 1.61. The van der Waals surface area contributed by atoms with Gasteiger partial charge in [0.2, 0.25) is 0 Å². The van der Waals surface area contributed by atoms with E-state index < -0.39 is 12.2 Å². The summed E-state index contributed by atoms with van der Waals surface area (Å²) < 4.78 is 35.0. The van der Waals surface area contributed by atoms with Crippen molar-refractivity contribution in [2.24, 2.45) is 5.92 Å². The Hall–Kier alpha value is 0.0400. The van der Waals surface area contributed by atoms with Gasteiger partial charge in [-0.2, -0.15) is 13.2 Å². The van der Waals surface area contributed by atoms with Crippen molar-refractivity contribution in [3.8, 4) is 0 Å². The minimum Gasteiger partial charge on any atom is -1.00 e. The average molecular weight is 176 g/mol. The van der Waals surface area contributed by atoms with Crippen molar-refractivity contribution in [2.75, 3.05) is 0 Å². The van der Waals surface area contributed by atoms with Crippen LogP contribution in [0.1, 0.15) is 12.8 Å². The van der Waals surface area contributed by atoms with Crippen molar-refractivity contribution in [3.63, 3.8) is 0 Å². The van der Waals surface area contributed by atoms with Crippen LogP contribution in [0.4, 0.5) is 13.2 Å². The molecule has 1 aliphatic carbocycles. The van der Waals surface area contributed by atoms with Gasteiger partial charge >= 0.3 is 6.18 Å². The highest BCUT2D eigenvalue weighted by Crippen LogP contribution is 2.37. The molecule has 0 saturated heterocycles. The second kappa shape index (κ2) is 2.96. The van der Waals surface area contributed by atoms with E-state index >= 15 is 0 Å². The molecule has 1 fully saturated rings. The summed E-state index contributed by atoms with van der Waals surface area (Å²) in [5.41, 5.74) is 3.05. The Kier molecular flexibility index (Phi) is 2.98. The van der Waals surface area contributed by atoms with E-state index in [1.165, 1.54) is 0 Å². The van der Waals surface area contributed by atoms with Gasteiger partial charge in [0.1, 0.15) is 0 Å². The number of rotatable bonds is 1. The summed E-state index contributed by atoms with van der Waals surface area (Å²) in [6, 6.07) is -1.32. The quantitative estimate of drug-likeness (QED) is 0.459. The zero-order valence-electron chi connectivity index (χ0n) is 5.29. The summed E-state index contributed by atoms with van der Waals surface area (Å²) in [6.07, 6.45) is -2.66. The van der Waals surface area contributed by atoms with E-state index in [2.05, 4.69) is 5.73 Å². The highest BCUT2D eigenvalue weighted by atomic mass is 35.5. The molecule has 0 aliphatic heterocycles. The highest BCUT2D eigenvalue weighted by Gasteiger charge is 2.49. The molecule has 1 nitrogen and oxygen atoms in total. The maximum absolute atomic E-state index is 11.7. The monoisotopic (exact) mass is 175 g/mol. The maximum Gasteiger partial charge on any atom is 0.441 e. The number of alkyl halides is 3. The van der Waals surface area contributed by atoms with Crippen LogP contribution in [-0.2, 0) is 0 Å². The SMILES string of the molecule is [Cl-].[NH3+]C(C1CC1)C(F)(F)F. The van der Waals surface area contributed by atoms with Crippen molar-refractivity contribution in [3.05, 3.63) is 0 Å². The zero-order valence-corrected chi connectivity index (χ0v) is 6.04. The number of hydrogen-bond donors (Lipinski definition) is 1. The molecular formula is C5H9ClF3N. The third kappa shape index (κ3) is 2.34. The van der Waals surface area contributed by atoms with Crippen LogP contribution in [0.25, 0.3) is 0 Å². The van der Waals surface area contributed by atoms with Crippen LogP contribution in [0.2, 0.25) is 0 Å². The molecule has 0 spiro atoms. The molecule has 62 valence electrons. The first-order chi connectivity index (χ1) is 4.02. The van der Waals surface area contributed by atoms with E-state index in [-0.39, 0.29) is 18.3 Å². The van der Waals surface area contributed by atoms with Gasteiger partial charge in [-0.15, -0.1) is 0 Å². The average Bonchev–Trinajstić information content (AvgIpc) is 2.40. The van der Waals surface area contributed by atoms with Gasteiger partial charge in [0.15, 0.2) is 6.04 Å². The molecule has 0 amide bonds. The van der Waals surface area contributed by atoms with Crippen molar-refractivity contribution in [1.29, 1.82) is 0 Å². The summed E-state index contributed by atoms with van der Waals surface area (Å²) in [5.74, 6) is -0.176. The maximum atomic E-state index is 11.7. The van der Waals surface area contributed by atoms with E-state index in [1.807, 2.05) is 0 Å². The molecule has 5 heteroatoms. The topological polar surface area (TPSA) is 27.6 Å². The van der Waals surface area contributed by atoms with Crippen LogP contribution in [0.3, 0.4) is 0 Å². The van der Waals surface area contributed by atoms with Crippen molar-refractivity contribution >= 4 is 0 Å². The summed E-state index contributed by atoms with van der Waals surface area (Å²) in [6.45, 7) is 0. The fraction of sp³-hybridized carbons (Fsp3) is 1.00. The van der Waals surface area contributed by atoms with Crippen LogP contribution in [0, 0.1) is 5.92 Å². The minimum absolute atomic E-state index is 0. The minimum atomic E-state index is -4.07. The Morgan fingerprint density at radius 1 is 1.30 bits per heavy atom. The molecule has 0 heterocycles. The zero-order chi connectivity index (χ0) is 7.07. The molecule has 3 N–H and O–H groups in total. The van der Waals surface area contributed by atoms with E-state index in [0.717, 1.165) is 0 Å². The normalized spacial score (nSPS) is 21.6. The summed E-state index contributed by atoms with van der Waals surface area (Å²) >= 11 is 0. The fourth-order valence-electron chi connectivity index (χ4n) is 0.766. The van der Waals surface area contributed by atoms with E-state index in [4.69, 9.17) is 0 Å². The van der Waals surface area contributed by atoms with Gasteiger partial charge in [-0.05, 0) is 12.8 Å². The lowest BCUT2D eigenvalue weighted by molar-refractivity contribution is -0.486. The Morgan fingerprint density at radius 2 is 1.70 bits per heavy atom. The lowest BCUT2D eigenvalue weighted by Gasteiger charge is -2.09. The number of halogens is 4. The van der Waals surface area contributed by atoms with Gasteiger partial charge in [0.05, 0.1) is 0 Å². The van der Waals surface area contributed by atoms with Crippen molar-refractivity contribution in [2.45, 2.75) is 25.1 Å². The van der Waals surface area contributed by atoms with Crippen LogP contribution < -0.4 is 18.1 Å². The molecule has 1 rings (SSSR count). The summed E-state index contributed by atoms with van der Waals surface area (Å²) in [7, 11) is 0. The standard InChI is InChI=1S/C5H8F3N.ClH/c6-5(7,8)4(9)3-1-2-3;/h3-4H,1-2,9H2;1H. The van der Waals surface area contributed by atoms with Gasteiger partial charge in [-0.3, -0.25) is 0 Å². The van der Waals surface area contributed by atoms with Gasteiger partial charge in [0.25, 0.3) is 0 Å². The molecular weight excluding hydrogens is 167 g/mol. The Morgan fingerprint density at radius 3 is 1.80 bits per heavy atom. The predicted molar refractivity (Wildman–Crippen MR) is 25.5 cm³/mol. The molecule has 1 unspecified atom stereocenters. The molecule has 1 saturated carbocycles. The van der Waals surface area contributed by atoms with Crippen LogP contribution in [-0.4, -0.2) is 12.2 Å². The third-order valence-electron chi connectivity index (χ3n) is 1.61. The first-order valence-corrected chi connectivity index (χ1v) is 2.91. The summed E-state index contributed by atoms with van der Waals surface area (Å²) in [5, 5.41) is 0. The highest BCUT2D eigenvalue weighted by molar-refractivity contribution is 4.83. The van der Waals surface area contributed by atoms with Crippen molar-refractivity contribution < 1.29 is 31.3 Å². The second-order valence-electron chi connectivity index (χ2n) is 2.49. The Balaban J connectivity index is 0.000000810. The van der Waals surface area contributed by atoms with E-state index in [0.29, 0.717) is 12.8 Å². The lowest BCUT2D eigenvalue weighted by Crippen LogP contribution is -3.00. The first-order valence-electron chi connectivity index (χ1n) is 2.91. The fourth-order valence-corrected chi connectivity index (χ4v) is 0.766. The molecule has 1 atom stereocenters. The van der Waals surface area contributed by atoms with Crippen LogP contribution >= 0.6 is 0 Å². The van der Waals surface area contributed by atoms with Gasteiger partial charge < -0.3 is 18.1 Å². The summed E-state index contributed by atoms with van der Waals surface area (Å²) in [4.78, 5) is 0. The molecule has 0 bridgehead atoms. The second-order valence-corrected chi connectivity index (χ2v) is 2.49. The van der Waals surface area contributed by atoms with Gasteiger partial charge in [0, 0.05) is 5.92 Å². The van der Waals surface area contributed by atoms with Crippen LogP contribution in [0.15, 0.2) is 0 Å². The molecule has 0 aromatic heterocycles. The molecule has 10 heavy (non-hydrogen) atoms. The van der Waals surface area contributed by atoms with Gasteiger partial charge in [-0.25, -0.2) is 0 Å². The molecule has 0 radical (unpaired) electrons. The van der Waals surface area contributed by atoms with E-state index in [1.54, 1.807) is 0 Å². The van der Waals surface area contributed by atoms with E-state index in [9.17, 15) is 13.2 Å². The molecule has 0 aromatic carbocycles. The molecule has 0 aromatic rings. The van der Waals surface area contributed by atoms with Gasteiger partial charge in [-0.1, -0.05) is 0 Å². The molecule has 1 aliphatic rings. The Labute approximate surface area is 63.2 Å². The Bertz CT molecular complexity index is 110. The number of hydrogen-bond acceptors (Lipinski definition) is 0. The predicted octanol–water partition coefficient (Wildman–Crippen LogP) is -2.43. The van der Waals surface area contributed by atoms with Crippen molar-refractivity contribution in [1.82, 2.24) is 0 Å². The first kappa shape index (κ1) is 10.0. The lowest BCUT2D eigenvalue weighted by atomic mass is 10.2. The largest absolute Gasteiger partial charge is 1.00 e.